The van der Waals surface area contributed by atoms with E-state index in [1.54, 1.807) is 18.2 Å². The summed E-state index contributed by atoms with van der Waals surface area (Å²) >= 11 is 6.00. The average molecular weight is 322 g/mol. The molecule has 1 aromatic rings. The molecular formula is C16H20ClN3O2. The van der Waals surface area contributed by atoms with Gasteiger partial charge in [-0.3, -0.25) is 9.59 Å². The maximum absolute atomic E-state index is 11.9. The number of carbonyl (C=O) groups excluding carboxylic acids is 2. The van der Waals surface area contributed by atoms with E-state index in [1.807, 2.05) is 6.92 Å². The van der Waals surface area contributed by atoms with Gasteiger partial charge in [0.15, 0.2) is 0 Å². The Morgan fingerprint density at radius 3 is 2.59 bits per heavy atom. The van der Waals surface area contributed by atoms with E-state index in [0.717, 1.165) is 37.0 Å². The van der Waals surface area contributed by atoms with Gasteiger partial charge in [0.25, 0.3) is 0 Å². The van der Waals surface area contributed by atoms with E-state index in [4.69, 9.17) is 11.6 Å². The first-order valence-electron chi connectivity index (χ1n) is 7.45. The Labute approximate surface area is 135 Å². The van der Waals surface area contributed by atoms with Gasteiger partial charge in [0, 0.05) is 29.3 Å². The summed E-state index contributed by atoms with van der Waals surface area (Å²) < 4.78 is 0. The minimum Gasteiger partial charge on any atom is -0.326 e. The summed E-state index contributed by atoms with van der Waals surface area (Å²) in [6.07, 6.45) is 4.40. The van der Waals surface area contributed by atoms with Crippen molar-refractivity contribution in [2.75, 3.05) is 5.32 Å². The number of hydrogen-bond donors (Lipinski definition) is 2. The van der Waals surface area contributed by atoms with Crippen molar-refractivity contribution in [3.05, 3.63) is 28.8 Å². The fraction of sp³-hybridized carbons (Fsp3) is 0.438. The van der Waals surface area contributed by atoms with Gasteiger partial charge in [-0.25, -0.2) is 5.43 Å². The van der Waals surface area contributed by atoms with E-state index >= 15 is 0 Å². The standard InChI is InChI=1S/C16H20ClN3O2/c1-11-13(17)7-4-8-14(11)18-15(21)9-10-16(22)20-19-12-5-2-3-6-12/h4,7-8H,2-3,5-6,9-10H2,1H3,(H,18,21)(H,20,22). The molecule has 2 amide bonds. The first-order valence-corrected chi connectivity index (χ1v) is 7.83. The zero-order chi connectivity index (χ0) is 15.9. The van der Waals surface area contributed by atoms with E-state index < -0.39 is 0 Å². The van der Waals surface area contributed by atoms with Crippen LogP contribution in [0.2, 0.25) is 5.02 Å². The van der Waals surface area contributed by atoms with Crippen LogP contribution >= 0.6 is 11.6 Å². The lowest BCUT2D eigenvalue weighted by Crippen LogP contribution is -2.21. The fourth-order valence-corrected chi connectivity index (χ4v) is 2.45. The lowest BCUT2D eigenvalue weighted by atomic mass is 10.2. The zero-order valence-corrected chi connectivity index (χ0v) is 13.4. The number of nitrogens with zero attached hydrogens (tertiary/aromatic N) is 1. The molecule has 1 fully saturated rings. The van der Waals surface area contributed by atoms with Gasteiger partial charge in [-0.1, -0.05) is 17.7 Å². The number of benzene rings is 1. The smallest absolute Gasteiger partial charge is 0.240 e. The molecule has 1 aliphatic carbocycles. The van der Waals surface area contributed by atoms with Gasteiger partial charge in [-0.2, -0.15) is 5.10 Å². The molecule has 2 rings (SSSR count). The van der Waals surface area contributed by atoms with Gasteiger partial charge in [0.05, 0.1) is 0 Å². The van der Waals surface area contributed by atoms with Gasteiger partial charge in [-0.05, 0) is 50.3 Å². The van der Waals surface area contributed by atoms with Crippen molar-refractivity contribution >= 4 is 34.8 Å². The second-order valence-electron chi connectivity index (χ2n) is 5.38. The number of hydrogen-bond acceptors (Lipinski definition) is 3. The van der Waals surface area contributed by atoms with Crippen LogP contribution in [0.15, 0.2) is 23.3 Å². The van der Waals surface area contributed by atoms with E-state index in [2.05, 4.69) is 15.8 Å². The van der Waals surface area contributed by atoms with Crippen molar-refractivity contribution in [1.29, 1.82) is 0 Å². The SMILES string of the molecule is Cc1c(Cl)cccc1NC(=O)CCC(=O)NN=C1CCCC1. The molecular weight excluding hydrogens is 302 g/mol. The summed E-state index contributed by atoms with van der Waals surface area (Å²) in [5.41, 5.74) is 5.03. The largest absolute Gasteiger partial charge is 0.326 e. The predicted octanol–water partition coefficient (Wildman–Crippen LogP) is 3.41. The molecule has 1 aromatic carbocycles. The van der Waals surface area contributed by atoms with Crippen LogP contribution in [-0.2, 0) is 9.59 Å². The second kappa shape index (κ2) is 7.94. The molecule has 1 aliphatic rings. The minimum absolute atomic E-state index is 0.113. The summed E-state index contributed by atoms with van der Waals surface area (Å²) in [5.74, 6) is -0.452. The number of nitrogens with one attached hydrogen (secondary N) is 2. The predicted molar refractivity (Wildman–Crippen MR) is 88.1 cm³/mol. The Kier molecular flexibility index (Phi) is 5.95. The summed E-state index contributed by atoms with van der Waals surface area (Å²) in [5, 5.41) is 7.44. The van der Waals surface area contributed by atoms with E-state index in [0.29, 0.717) is 10.7 Å². The number of rotatable bonds is 5. The minimum atomic E-state index is -0.239. The Morgan fingerprint density at radius 2 is 1.86 bits per heavy atom. The molecule has 2 N–H and O–H groups in total. The van der Waals surface area contributed by atoms with Crippen LogP contribution in [0.25, 0.3) is 0 Å². The van der Waals surface area contributed by atoms with Gasteiger partial charge < -0.3 is 5.32 Å². The number of hydrazone groups is 1. The van der Waals surface area contributed by atoms with Crippen LogP contribution in [0, 0.1) is 6.92 Å². The molecule has 0 aliphatic heterocycles. The molecule has 0 unspecified atom stereocenters. The molecule has 0 heterocycles. The highest BCUT2D eigenvalue weighted by molar-refractivity contribution is 6.31. The third-order valence-corrected chi connectivity index (χ3v) is 4.05. The second-order valence-corrected chi connectivity index (χ2v) is 5.79. The number of halogens is 1. The quantitative estimate of drug-likeness (QED) is 0.816. The van der Waals surface area contributed by atoms with Crippen LogP contribution in [0.3, 0.4) is 0 Å². The van der Waals surface area contributed by atoms with Crippen molar-refractivity contribution in [3.8, 4) is 0 Å². The lowest BCUT2D eigenvalue weighted by Gasteiger charge is -2.09. The molecule has 118 valence electrons. The van der Waals surface area contributed by atoms with Gasteiger partial charge in [0.2, 0.25) is 11.8 Å². The Bertz CT molecular complexity index is 591. The number of amides is 2. The first-order chi connectivity index (χ1) is 10.6. The molecule has 0 saturated heterocycles. The normalized spacial score (nSPS) is 13.8. The molecule has 0 radical (unpaired) electrons. The topological polar surface area (TPSA) is 70.6 Å². The van der Waals surface area contributed by atoms with Crippen molar-refractivity contribution < 1.29 is 9.59 Å². The summed E-state index contributed by atoms with van der Waals surface area (Å²) in [4.78, 5) is 23.5. The van der Waals surface area contributed by atoms with Crippen LogP contribution in [-0.4, -0.2) is 17.5 Å². The Morgan fingerprint density at radius 1 is 1.18 bits per heavy atom. The molecule has 0 bridgehead atoms. The zero-order valence-electron chi connectivity index (χ0n) is 12.6. The van der Waals surface area contributed by atoms with Crippen LogP contribution < -0.4 is 10.7 Å². The highest BCUT2D eigenvalue weighted by Gasteiger charge is 2.11. The lowest BCUT2D eigenvalue weighted by molar-refractivity contribution is -0.124. The molecule has 1 saturated carbocycles. The van der Waals surface area contributed by atoms with Crippen molar-refractivity contribution in [3.63, 3.8) is 0 Å². The summed E-state index contributed by atoms with van der Waals surface area (Å²) in [6.45, 7) is 1.84. The van der Waals surface area contributed by atoms with Crippen molar-refractivity contribution in [1.82, 2.24) is 5.43 Å². The maximum atomic E-state index is 11.9. The third-order valence-electron chi connectivity index (χ3n) is 3.64. The molecule has 22 heavy (non-hydrogen) atoms. The molecule has 6 heteroatoms. The molecule has 0 atom stereocenters. The highest BCUT2D eigenvalue weighted by Crippen LogP contribution is 2.23. The van der Waals surface area contributed by atoms with Crippen LogP contribution in [0.5, 0.6) is 0 Å². The Hall–Kier alpha value is -1.88. The Balaban J connectivity index is 1.76. The van der Waals surface area contributed by atoms with Gasteiger partial charge in [-0.15, -0.1) is 0 Å². The van der Waals surface area contributed by atoms with E-state index in [-0.39, 0.29) is 24.7 Å². The van der Waals surface area contributed by atoms with Crippen molar-refractivity contribution in [2.45, 2.75) is 45.4 Å². The molecule has 0 spiro atoms. The fourth-order valence-electron chi connectivity index (χ4n) is 2.27. The highest BCUT2D eigenvalue weighted by atomic mass is 35.5. The van der Waals surface area contributed by atoms with Crippen LogP contribution in [0.4, 0.5) is 5.69 Å². The van der Waals surface area contributed by atoms with Crippen LogP contribution in [0.1, 0.15) is 44.1 Å². The first kappa shape index (κ1) is 16.5. The van der Waals surface area contributed by atoms with E-state index in [9.17, 15) is 9.59 Å². The summed E-state index contributed by atoms with van der Waals surface area (Å²) in [7, 11) is 0. The molecule has 5 nitrogen and oxygen atoms in total. The van der Waals surface area contributed by atoms with Gasteiger partial charge >= 0.3 is 0 Å². The summed E-state index contributed by atoms with van der Waals surface area (Å²) in [6, 6.07) is 5.32. The number of anilines is 1. The number of carbonyl (C=O) groups is 2. The average Bonchev–Trinajstić information content (AvgIpc) is 3.01. The molecule has 0 aromatic heterocycles. The monoisotopic (exact) mass is 321 g/mol. The van der Waals surface area contributed by atoms with E-state index in [1.165, 1.54) is 0 Å². The third kappa shape index (κ3) is 4.84. The van der Waals surface area contributed by atoms with Gasteiger partial charge in [0.1, 0.15) is 0 Å². The maximum Gasteiger partial charge on any atom is 0.240 e. The van der Waals surface area contributed by atoms with Crippen molar-refractivity contribution in [2.24, 2.45) is 5.10 Å².